The summed E-state index contributed by atoms with van der Waals surface area (Å²) in [6.07, 6.45) is -0.364. The quantitative estimate of drug-likeness (QED) is 0.408. The van der Waals surface area contributed by atoms with Gasteiger partial charge in [-0.2, -0.15) is 0 Å². The molecule has 8 nitrogen and oxygen atoms in total. The lowest BCUT2D eigenvalue weighted by atomic mass is 10.3. The maximum atomic E-state index is 10.9. The summed E-state index contributed by atoms with van der Waals surface area (Å²) in [5, 5.41) is 20.6. The highest BCUT2D eigenvalue weighted by Crippen LogP contribution is 1.88. The van der Waals surface area contributed by atoms with E-state index in [-0.39, 0.29) is 12.8 Å². The number of carboxylic acids is 2. The number of amides is 2. The molecule has 0 aliphatic carbocycles. The normalized spacial score (nSPS) is 9.25. The Kier molecular flexibility index (Phi) is 6.25. The topological polar surface area (TPSA) is 133 Å². The third-order valence-corrected chi connectivity index (χ3v) is 1.45. The summed E-state index contributed by atoms with van der Waals surface area (Å²) >= 11 is 0. The first-order valence-electron chi connectivity index (χ1n) is 4.39. The van der Waals surface area contributed by atoms with E-state index in [0.717, 1.165) is 0 Å². The number of aliphatic carboxylic acids is 2. The Hall–Kier alpha value is -2.12. The van der Waals surface area contributed by atoms with Gasteiger partial charge in [0.05, 0.1) is 0 Å². The molecule has 0 fully saturated rings. The van der Waals surface area contributed by atoms with Gasteiger partial charge in [-0.1, -0.05) is 0 Å². The van der Waals surface area contributed by atoms with Crippen molar-refractivity contribution in [1.82, 2.24) is 10.6 Å². The number of carbonyl (C=O) groups is 4. The van der Waals surface area contributed by atoms with Crippen LogP contribution in [0.25, 0.3) is 0 Å². The number of hydrogen-bond acceptors (Lipinski definition) is 4. The first-order chi connectivity index (χ1) is 7.41. The minimum atomic E-state index is -1.18. The molecule has 0 atom stereocenters. The fourth-order valence-corrected chi connectivity index (χ4v) is 0.752. The Morgan fingerprint density at radius 3 is 1.31 bits per heavy atom. The van der Waals surface area contributed by atoms with Crippen molar-refractivity contribution in [2.45, 2.75) is 12.8 Å². The van der Waals surface area contributed by atoms with Gasteiger partial charge >= 0.3 is 11.9 Å². The first-order valence-corrected chi connectivity index (χ1v) is 4.39. The van der Waals surface area contributed by atoms with Crippen molar-refractivity contribution in [3.05, 3.63) is 0 Å². The minimum Gasteiger partial charge on any atom is -0.480 e. The number of carbonyl (C=O) groups excluding carboxylic acids is 2. The fraction of sp³-hybridized carbons (Fsp3) is 0.500. The molecular weight excluding hydrogens is 220 g/mol. The summed E-state index contributed by atoms with van der Waals surface area (Å²) in [7, 11) is 0. The van der Waals surface area contributed by atoms with Crippen molar-refractivity contribution in [2.24, 2.45) is 0 Å². The molecule has 0 unspecified atom stereocenters. The predicted octanol–water partition coefficient (Wildman–Crippen LogP) is -1.83. The summed E-state index contributed by atoms with van der Waals surface area (Å²) in [5.74, 6) is -3.51. The van der Waals surface area contributed by atoms with Gasteiger partial charge in [0.2, 0.25) is 11.8 Å². The molecule has 0 radical (unpaired) electrons. The van der Waals surface area contributed by atoms with Crippen LogP contribution >= 0.6 is 0 Å². The molecule has 0 aliphatic rings. The smallest absolute Gasteiger partial charge is 0.322 e. The number of carboxylic acid groups (broad SMARTS) is 2. The third-order valence-electron chi connectivity index (χ3n) is 1.45. The van der Waals surface area contributed by atoms with Crippen LogP contribution in [0, 0.1) is 0 Å². The van der Waals surface area contributed by atoms with Crippen molar-refractivity contribution >= 4 is 23.8 Å². The van der Waals surface area contributed by atoms with Crippen molar-refractivity contribution in [1.29, 1.82) is 0 Å². The van der Waals surface area contributed by atoms with Crippen molar-refractivity contribution in [3.8, 4) is 0 Å². The maximum absolute atomic E-state index is 10.9. The lowest BCUT2D eigenvalue weighted by Gasteiger charge is -2.02. The number of rotatable bonds is 7. The summed E-state index contributed by atoms with van der Waals surface area (Å²) in [4.78, 5) is 42.0. The van der Waals surface area contributed by atoms with Crippen molar-refractivity contribution in [2.75, 3.05) is 13.1 Å². The van der Waals surface area contributed by atoms with E-state index >= 15 is 0 Å². The molecule has 16 heavy (non-hydrogen) atoms. The van der Waals surface area contributed by atoms with E-state index in [1.165, 1.54) is 0 Å². The van der Waals surface area contributed by atoms with Gasteiger partial charge in [-0.15, -0.1) is 0 Å². The van der Waals surface area contributed by atoms with E-state index in [2.05, 4.69) is 10.6 Å². The second-order valence-electron chi connectivity index (χ2n) is 2.84. The first kappa shape index (κ1) is 13.9. The molecule has 0 rings (SSSR count). The predicted molar refractivity (Wildman–Crippen MR) is 50.5 cm³/mol. The highest BCUT2D eigenvalue weighted by molar-refractivity contribution is 5.86. The summed E-state index contributed by atoms with van der Waals surface area (Å²) in [6, 6.07) is 0. The number of hydrogen-bond donors (Lipinski definition) is 4. The molecule has 0 saturated heterocycles. The molecule has 0 aromatic carbocycles. The average molecular weight is 232 g/mol. The summed E-state index contributed by atoms with van der Waals surface area (Å²) in [6.45, 7) is -1.01. The zero-order valence-corrected chi connectivity index (χ0v) is 8.36. The Morgan fingerprint density at radius 1 is 0.750 bits per heavy atom. The molecule has 0 aliphatic heterocycles. The summed E-state index contributed by atoms with van der Waals surface area (Å²) < 4.78 is 0. The molecule has 0 bridgehead atoms. The van der Waals surface area contributed by atoms with Crippen LogP contribution in [0.2, 0.25) is 0 Å². The highest BCUT2D eigenvalue weighted by atomic mass is 16.4. The van der Waals surface area contributed by atoms with Gasteiger partial charge in [-0.25, -0.2) is 0 Å². The lowest BCUT2D eigenvalue weighted by molar-refractivity contribution is -0.139. The highest BCUT2D eigenvalue weighted by Gasteiger charge is 2.08. The summed E-state index contributed by atoms with van der Waals surface area (Å²) in [5.41, 5.74) is 0. The molecule has 8 heteroatoms. The third kappa shape index (κ3) is 8.48. The molecule has 0 heterocycles. The van der Waals surface area contributed by atoms with Crippen LogP contribution in [0.15, 0.2) is 0 Å². The lowest BCUT2D eigenvalue weighted by Crippen LogP contribution is -2.32. The standard InChI is InChI=1S/C8H12N2O6/c11-5(9-3-7(13)14)1-2-6(12)10-4-8(15)16/h1-4H2,(H,9,11)(H,10,12)(H,13,14)(H,15,16). The van der Waals surface area contributed by atoms with Crippen LogP contribution in [0.1, 0.15) is 12.8 Å². The van der Waals surface area contributed by atoms with Gasteiger partial charge in [0.15, 0.2) is 0 Å². The second-order valence-corrected chi connectivity index (χ2v) is 2.84. The molecule has 2 amide bonds. The van der Waals surface area contributed by atoms with Crippen LogP contribution < -0.4 is 10.6 Å². The number of nitrogens with one attached hydrogen (secondary N) is 2. The van der Waals surface area contributed by atoms with Gasteiger partial charge < -0.3 is 20.8 Å². The Balaban J connectivity index is 3.63. The minimum absolute atomic E-state index is 0.182. The van der Waals surface area contributed by atoms with E-state index in [1.54, 1.807) is 0 Å². The van der Waals surface area contributed by atoms with Crippen molar-refractivity contribution < 1.29 is 29.4 Å². The molecule has 0 aromatic heterocycles. The zero-order chi connectivity index (χ0) is 12.6. The Bertz CT molecular complexity index is 271. The fourth-order valence-electron chi connectivity index (χ4n) is 0.752. The molecule has 90 valence electrons. The van der Waals surface area contributed by atoms with Gasteiger partial charge in [0.1, 0.15) is 13.1 Å². The van der Waals surface area contributed by atoms with E-state index < -0.39 is 36.8 Å². The van der Waals surface area contributed by atoms with E-state index in [4.69, 9.17) is 10.2 Å². The van der Waals surface area contributed by atoms with Crippen LogP contribution in [-0.2, 0) is 19.2 Å². The largest absolute Gasteiger partial charge is 0.480 e. The average Bonchev–Trinajstić information content (AvgIpc) is 2.20. The zero-order valence-electron chi connectivity index (χ0n) is 8.36. The van der Waals surface area contributed by atoms with Crippen LogP contribution in [0.3, 0.4) is 0 Å². The molecule has 0 spiro atoms. The van der Waals surface area contributed by atoms with E-state index in [0.29, 0.717) is 0 Å². The SMILES string of the molecule is O=C(O)CNC(=O)CCC(=O)NCC(=O)O. The Morgan fingerprint density at radius 2 is 1.06 bits per heavy atom. The van der Waals surface area contributed by atoms with Crippen LogP contribution in [0.4, 0.5) is 0 Å². The maximum Gasteiger partial charge on any atom is 0.322 e. The van der Waals surface area contributed by atoms with Gasteiger partial charge in [0, 0.05) is 12.8 Å². The molecule has 0 saturated carbocycles. The van der Waals surface area contributed by atoms with E-state index in [9.17, 15) is 19.2 Å². The molecular formula is C8H12N2O6. The Labute approximate surface area is 90.6 Å². The van der Waals surface area contributed by atoms with Gasteiger partial charge in [0.25, 0.3) is 0 Å². The van der Waals surface area contributed by atoms with Crippen molar-refractivity contribution in [3.63, 3.8) is 0 Å². The molecule has 4 N–H and O–H groups in total. The van der Waals surface area contributed by atoms with Crippen LogP contribution in [-0.4, -0.2) is 47.1 Å². The molecule has 0 aromatic rings. The monoisotopic (exact) mass is 232 g/mol. The van der Waals surface area contributed by atoms with Gasteiger partial charge in [-0.3, -0.25) is 19.2 Å². The second kappa shape index (κ2) is 7.21. The van der Waals surface area contributed by atoms with Crippen LogP contribution in [0.5, 0.6) is 0 Å². The van der Waals surface area contributed by atoms with Gasteiger partial charge in [-0.05, 0) is 0 Å². The van der Waals surface area contributed by atoms with E-state index in [1.807, 2.05) is 0 Å².